The lowest BCUT2D eigenvalue weighted by Crippen LogP contribution is -2.35. The highest BCUT2D eigenvalue weighted by molar-refractivity contribution is 7.89. The van der Waals surface area contributed by atoms with Gasteiger partial charge in [-0.1, -0.05) is 12.8 Å². The van der Waals surface area contributed by atoms with Gasteiger partial charge in [0.15, 0.2) is 11.5 Å². The molecule has 4 rings (SSSR count). The Balaban J connectivity index is 1.34. The zero-order chi connectivity index (χ0) is 24.1. The van der Waals surface area contributed by atoms with Gasteiger partial charge in [0.25, 0.3) is 5.91 Å². The first kappa shape index (κ1) is 24.1. The normalized spacial score (nSPS) is 16.3. The number of hydrogen-bond donors (Lipinski definition) is 3. The average molecular weight is 493 g/mol. The number of rotatable bonds is 10. The van der Waals surface area contributed by atoms with Crippen LogP contribution in [-0.2, 0) is 10.0 Å². The molecule has 1 amide bonds. The molecular weight excluding hydrogens is 464 g/mol. The molecule has 1 saturated carbocycles. The van der Waals surface area contributed by atoms with Crippen LogP contribution in [0.15, 0.2) is 41.3 Å². The van der Waals surface area contributed by atoms with Crippen molar-refractivity contribution in [3.05, 3.63) is 42.0 Å². The minimum Gasteiger partial charge on any atom is -0.495 e. The molecule has 10 nitrogen and oxygen atoms in total. The number of sulfonamides is 1. The Labute approximate surface area is 198 Å². The zero-order valence-corrected chi connectivity index (χ0v) is 19.6. The van der Waals surface area contributed by atoms with Crippen molar-refractivity contribution in [2.45, 2.75) is 42.7 Å². The van der Waals surface area contributed by atoms with Crippen LogP contribution >= 0.6 is 0 Å². The smallest absolute Gasteiger partial charge is 0.251 e. The van der Waals surface area contributed by atoms with E-state index in [1.165, 1.54) is 25.3 Å². The van der Waals surface area contributed by atoms with Crippen LogP contribution in [0.25, 0.3) is 0 Å². The number of carbonyl (C=O) groups excluding carboxylic acids is 1. The Hall–Kier alpha value is -3.02. The van der Waals surface area contributed by atoms with Crippen LogP contribution in [0.4, 0.5) is 0 Å². The molecule has 11 heteroatoms. The standard InChI is InChI=1S/C23H28N2O8S/c1-30-20-8-6-15(10-22(20)34(28,29)25-16-4-2-3-5-16)23(27)24-12-17(26)13-31-18-7-9-19-21(11-18)33-14-32-19/h6-11,16-17,25-26H,2-5,12-14H2,1H3,(H,24,27). The molecule has 1 unspecified atom stereocenters. The summed E-state index contributed by atoms with van der Waals surface area (Å²) in [7, 11) is -2.49. The van der Waals surface area contributed by atoms with Gasteiger partial charge >= 0.3 is 0 Å². The Kier molecular flexibility index (Phi) is 7.44. The molecule has 1 aliphatic carbocycles. The lowest BCUT2D eigenvalue weighted by Gasteiger charge is -2.16. The highest BCUT2D eigenvalue weighted by atomic mass is 32.2. The van der Waals surface area contributed by atoms with Gasteiger partial charge in [0.1, 0.15) is 29.1 Å². The van der Waals surface area contributed by atoms with Crippen LogP contribution < -0.4 is 29.0 Å². The van der Waals surface area contributed by atoms with Gasteiger partial charge < -0.3 is 29.4 Å². The second kappa shape index (κ2) is 10.5. The largest absolute Gasteiger partial charge is 0.495 e. The number of ether oxygens (including phenoxy) is 4. The number of fused-ring (bicyclic) bond motifs is 1. The molecule has 2 aliphatic rings. The molecule has 2 aromatic carbocycles. The van der Waals surface area contributed by atoms with Crippen molar-refractivity contribution in [3.63, 3.8) is 0 Å². The summed E-state index contributed by atoms with van der Waals surface area (Å²) in [6.45, 7) is 0.00373. The number of hydrogen-bond acceptors (Lipinski definition) is 8. The van der Waals surface area contributed by atoms with Gasteiger partial charge in [0, 0.05) is 24.2 Å². The summed E-state index contributed by atoms with van der Waals surface area (Å²) < 4.78 is 49.8. The van der Waals surface area contributed by atoms with Crippen molar-refractivity contribution < 1.29 is 37.3 Å². The predicted octanol–water partition coefficient (Wildman–Crippen LogP) is 1.81. The summed E-state index contributed by atoms with van der Waals surface area (Å²) in [4.78, 5) is 12.5. The van der Waals surface area contributed by atoms with Crippen LogP contribution in [0, 0.1) is 0 Å². The summed E-state index contributed by atoms with van der Waals surface area (Å²) in [6, 6.07) is 9.14. The monoisotopic (exact) mass is 492 g/mol. The quantitative estimate of drug-likeness (QED) is 0.458. The molecule has 34 heavy (non-hydrogen) atoms. The molecule has 184 valence electrons. The number of aliphatic hydroxyl groups is 1. The van der Waals surface area contributed by atoms with E-state index in [9.17, 15) is 18.3 Å². The van der Waals surface area contributed by atoms with E-state index in [0.717, 1.165) is 25.7 Å². The van der Waals surface area contributed by atoms with Crippen molar-refractivity contribution >= 4 is 15.9 Å². The van der Waals surface area contributed by atoms with E-state index in [1.807, 2.05) is 0 Å². The highest BCUT2D eigenvalue weighted by Crippen LogP contribution is 2.35. The third-order valence-electron chi connectivity index (χ3n) is 5.68. The van der Waals surface area contributed by atoms with Gasteiger partial charge in [0.2, 0.25) is 16.8 Å². The Bertz CT molecular complexity index is 1130. The molecule has 0 bridgehead atoms. The molecule has 1 fully saturated rings. The lowest BCUT2D eigenvalue weighted by molar-refractivity contribution is 0.0843. The molecule has 1 heterocycles. The van der Waals surface area contributed by atoms with Crippen LogP contribution in [0.5, 0.6) is 23.0 Å². The number of amides is 1. The van der Waals surface area contributed by atoms with Crippen molar-refractivity contribution in [2.24, 2.45) is 0 Å². The summed E-state index contributed by atoms with van der Waals surface area (Å²) in [6.07, 6.45) is 2.54. The minimum absolute atomic E-state index is 0.0620. The van der Waals surface area contributed by atoms with Gasteiger partial charge in [-0.15, -0.1) is 0 Å². The van der Waals surface area contributed by atoms with Crippen molar-refractivity contribution in [2.75, 3.05) is 27.1 Å². The summed E-state index contributed by atoms with van der Waals surface area (Å²) in [5, 5.41) is 12.8. The summed E-state index contributed by atoms with van der Waals surface area (Å²) >= 11 is 0. The molecule has 1 aliphatic heterocycles. The first-order valence-electron chi connectivity index (χ1n) is 11.0. The number of aliphatic hydroxyl groups excluding tert-OH is 1. The SMILES string of the molecule is COc1ccc(C(=O)NCC(O)COc2ccc3c(c2)OCO3)cc1S(=O)(=O)NC1CCCC1. The van der Waals surface area contributed by atoms with E-state index < -0.39 is 22.0 Å². The second-order valence-corrected chi connectivity index (χ2v) is 9.84. The Morgan fingerprint density at radius 3 is 2.68 bits per heavy atom. The lowest BCUT2D eigenvalue weighted by atomic mass is 10.2. The van der Waals surface area contributed by atoms with Crippen LogP contribution in [0.1, 0.15) is 36.0 Å². The van der Waals surface area contributed by atoms with Gasteiger partial charge in [-0.3, -0.25) is 4.79 Å². The first-order chi connectivity index (χ1) is 16.4. The zero-order valence-electron chi connectivity index (χ0n) is 18.8. The number of methoxy groups -OCH3 is 1. The van der Waals surface area contributed by atoms with Gasteiger partial charge in [0.05, 0.1) is 7.11 Å². The summed E-state index contributed by atoms with van der Waals surface area (Å²) in [5.74, 6) is 1.31. The molecule has 2 aromatic rings. The topological polar surface area (TPSA) is 132 Å². The van der Waals surface area contributed by atoms with Crippen molar-refractivity contribution in [1.29, 1.82) is 0 Å². The van der Waals surface area contributed by atoms with Gasteiger partial charge in [-0.25, -0.2) is 13.1 Å². The van der Waals surface area contributed by atoms with Crippen molar-refractivity contribution in [1.82, 2.24) is 10.0 Å². The fraction of sp³-hybridized carbons (Fsp3) is 0.435. The first-order valence-corrected chi connectivity index (χ1v) is 12.5. The maximum absolute atomic E-state index is 12.9. The van der Waals surface area contributed by atoms with E-state index in [4.69, 9.17) is 18.9 Å². The molecular formula is C23H28N2O8S. The van der Waals surface area contributed by atoms with E-state index in [2.05, 4.69) is 10.0 Å². The molecule has 0 radical (unpaired) electrons. The van der Waals surface area contributed by atoms with Crippen LogP contribution in [0.3, 0.4) is 0 Å². The van der Waals surface area contributed by atoms with Crippen LogP contribution in [-0.4, -0.2) is 58.6 Å². The van der Waals surface area contributed by atoms with Crippen LogP contribution in [0.2, 0.25) is 0 Å². The van der Waals surface area contributed by atoms with Gasteiger partial charge in [-0.2, -0.15) is 0 Å². The number of carbonyl (C=O) groups is 1. The minimum atomic E-state index is -3.86. The molecule has 0 spiro atoms. The molecule has 3 N–H and O–H groups in total. The van der Waals surface area contributed by atoms with E-state index in [1.54, 1.807) is 18.2 Å². The van der Waals surface area contributed by atoms with Gasteiger partial charge in [-0.05, 0) is 43.2 Å². The van der Waals surface area contributed by atoms with E-state index in [0.29, 0.717) is 17.2 Å². The van der Waals surface area contributed by atoms with Crippen molar-refractivity contribution in [3.8, 4) is 23.0 Å². The third-order valence-corrected chi connectivity index (χ3v) is 7.22. The maximum atomic E-state index is 12.9. The van der Waals surface area contributed by atoms with E-state index >= 15 is 0 Å². The molecule has 0 saturated heterocycles. The number of nitrogens with one attached hydrogen (secondary N) is 2. The summed E-state index contributed by atoms with van der Waals surface area (Å²) in [5.41, 5.74) is 0.136. The van der Waals surface area contributed by atoms with E-state index in [-0.39, 0.29) is 42.2 Å². The maximum Gasteiger partial charge on any atom is 0.251 e. The molecule has 1 atom stereocenters. The third kappa shape index (κ3) is 5.72. The fourth-order valence-electron chi connectivity index (χ4n) is 3.89. The predicted molar refractivity (Wildman–Crippen MR) is 122 cm³/mol. The molecule has 0 aromatic heterocycles. The average Bonchev–Trinajstić information content (AvgIpc) is 3.52. The Morgan fingerprint density at radius 2 is 1.91 bits per heavy atom. The number of benzene rings is 2. The Morgan fingerprint density at radius 1 is 1.15 bits per heavy atom. The fourth-order valence-corrected chi connectivity index (χ4v) is 5.38. The highest BCUT2D eigenvalue weighted by Gasteiger charge is 2.26. The second-order valence-electron chi connectivity index (χ2n) is 8.16.